The largest absolute Gasteiger partial charge is 0.366 e. The first-order valence-corrected chi connectivity index (χ1v) is 8.06. The summed E-state index contributed by atoms with van der Waals surface area (Å²) >= 11 is 0. The highest BCUT2D eigenvalue weighted by atomic mass is 15.0. The number of hydrogen-bond acceptors (Lipinski definition) is 3. The van der Waals surface area contributed by atoms with E-state index in [1.165, 1.54) is 62.6 Å². The predicted octanol–water partition coefficient (Wildman–Crippen LogP) is 3.97. The van der Waals surface area contributed by atoms with Crippen LogP contribution in [0.5, 0.6) is 0 Å². The normalized spacial score (nSPS) is 19.8. The zero-order valence-electron chi connectivity index (χ0n) is 12.1. The molecule has 1 saturated carbocycles. The van der Waals surface area contributed by atoms with Gasteiger partial charge in [0.2, 0.25) is 0 Å². The summed E-state index contributed by atoms with van der Waals surface area (Å²) in [6.45, 7) is 0. The molecule has 1 heterocycles. The van der Waals surface area contributed by atoms with Gasteiger partial charge in [0.05, 0.1) is 5.56 Å². The van der Waals surface area contributed by atoms with Gasteiger partial charge in [0.15, 0.2) is 0 Å². The van der Waals surface area contributed by atoms with Crippen molar-refractivity contribution in [3.05, 3.63) is 22.9 Å². The Morgan fingerprint density at radius 3 is 2.55 bits per heavy atom. The molecule has 0 aliphatic heterocycles. The topological polar surface area (TPSA) is 48.7 Å². The third-order valence-electron chi connectivity index (χ3n) is 4.62. The van der Waals surface area contributed by atoms with Crippen LogP contribution in [0.4, 0.5) is 5.82 Å². The quantitative estimate of drug-likeness (QED) is 0.883. The molecule has 0 spiro atoms. The Balaban J connectivity index is 1.77. The van der Waals surface area contributed by atoms with Crippen molar-refractivity contribution in [3.63, 3.8) is 0 Å². The molecule has 0 aromatic carbocycles. The minimum Gasteiger partial charge on any atom is -0.366 e. The minimum atomic E-state index is 0.495. The molecule has 1 aromatic rings. The molecule has 0 radical (unpaired) electrons. The number of aryl methyl sites for hydroxylation is 2. The van der Waals surface area contributed by atoms with Crippen molar-refractivity contribution in [3.8, 4) is 6.07 Å². The van der Waals surface area contributed by atoms with Crippen LogP contribution >= 0.6 is 0 Å². The Labute approximate surface area is 121 Å². The monoisotopic (exact) mass is 269 g/mol. The van der Waals surface area contributed by atoms with Crippen LogP contribution in [0.1, 0.15) is 68.2 Å². The van der Waals surface area contributed by atoms with E-state index in [4.69, 9.17) is 4.98 Å². The number of nitrogens with one attached hydrogen (secondary N) is 1. The van der Waals surface area contributed by atoms with Gasteiger partial charge in [0.25, 0.3) is 0 Å². The number of hydrogen-bond donors (Lipinski definition) is 1. The number of anilines is 1. The van der Waals surface area contributed by atoms with E-state index < -0.39 is 0 Å². The molecule has 1 aromatic heterocycles. The van der Waals surface area contributed by atoms with Crippen molar-refractivity contribution in [2.24, 2.45) is 0 Å². The van der Waals surface area contributed by atoms with Crippen LogP contribution < -0.4 is 5.32 Å². The van der Waals surface area contributed by atoms with Crippen LogP contribution in [-0.4, -0.2) is 11.0 Å². The maximum atomic E-state index is 9.35. The Hall–Kier alpha value is -1.56. The molecular formula is C17H23N3. The molecule has 20 heavy (non-hydrogen) atoms. The van der Waals surface area contributed by atoms with Gasteiger partial charge in [-0.05, 0) is 43.7 Å². The summed E-state index contributed by atoms with van der Waals surface area (Å²) in [4.78, 5) is 4.74. The van der Waals surface area contributed by atoms with Gasteiger partial charge >= 0.3 is 0 Å². The average molecular weight is 269 g/mol. The summed E-state index contributed by atoms with van der Waals surface area (Å²) in [5, 5.41) is 12.9. The molecule has 2 aliphatic rings. The first-order valence-electron chi connectivity index (χ1n) is 8.06. The lowest BCUT2D eigenvalue weighted by Gasteiger charge is -2.22. The van der Waals surface area contributed by atoms with E-state index in [0.717, 1.165) is 24.2 Å². The van der Waals surface area contributed by atoms with E-state index in [1.54, 1.807) is 0 Å². The number of nitriles is 1. The van der Waals surface area contributed by atoms with Crippen LogP contribution in [-0.2, 0) is 12.8 Å². The van der Waals surface area contributed by atoms with E-state index in [0.29, 0.717) is 6.04 Å². The van der Waals surface area contributed by atoms with Crippen LogP contribution in [0.15, 0.2) is 6.07 Å². The second-order valence-corrected chi connectivity index (χ2v) is 6.14. The second kappa shape index (κ2) is 6.26. The molecule has 0 bridgehead atoms. The molecule has 2 aliphatic carbocycles. The van der Waals surface area contributed by atoms with Gasteiger partial charge in [-0.25, -0.2) is 4.98 Å². The Kier molecular flexibility index (Phi) is 4.20. The van der Waals surface area contributed by atoms with Crippen molar-refractivity contribution in [1.29, 1.82) is 5.26 Å². The first kappa shape index (κ1) is 13.4. The van der Waals surface area contributed by atoms with Gasteiger partial charge in [-0.3, -0.25) is 0 Å². The Morgan fingerprint density at radius 1 is 1.05 bits per heavy atom. The summed E-state index contributed by atoms with van der Waals surface area (Å²) in [5.74, 6) is 0.832. The highest BCUT2D eigenvalue weighted by molar-refractivity contribution is 5.55. The Bertz CT molecular complexity index is 508. The lowest BCUT2D eigenvalue weighted by molar-refractivity contribution is 0.470. The number of aromatic nitrogens is 1. The zero-order valence-corrected chi connectivity index (χ0v) is 12.1. The van der Waals surface area contributed by atoms with Crippen molar-refractivity contribution < 1.29 is 0 Å². The number of fused-ring (bicyclic) bond motifs is 1. The molecule has 1 N–H and O–H groups in total. The minimum absolute atomic E-state index is 0.495. The summed E-state index contributed by atoms with van der Waals surface area (Å²) in [7, 11) is 0. The third kappa shape index (κ3) is 2.95. The number of nitrogens with zero attached hydrogens (tertiary/aromatic N) is 2. The van der Waals surface area contributed by atoms with Crippen molar-refractivity contribution in [2.75, 3.05) is 5.32 Å². The fourth-order valence-corrected chi connectivity index (χ4v) is 3.46. The van der Waals surface area contributed by atoms with Gasteiger partial charge in [0, 0.05) is 11.7 Å². The summed E-state index contributed by atoms with van der Waals surface area (Å²) in [5.41, 5.74) is 3.22. The van der Waals surface area contributed by atoms with Gasteiger partial charge < -0.3 is 5.32 Å². The molecule has 0 amide bonds. The smallest absolute Gasteiger partial charge is 0.144 e. The van der Waals surface area contributed by atoms with E-state index in [9.17, 15) is 5.26 Å². The van der Waals surface area contributed by atoms with Gasteiger partial charge in [-0.2, -0.15) is 5.26 Å². The predicted molar refractivity (Wildman–Crippen MR) is 80.7 cm³/mol. The van der Waals surface area contributed by atoms with Crippen LogP contribution in [0.2, 0.25) is 0 Å². The molecule has 0 saturated heterocycles. The summed E-state index contributed by atoms with van der Waals surface area (Å²) < 4.78 is 0. The highest BCUT2D eigenvalue weighted by Gasteiger charge is 2.18. The maximum Gasteiger partial charge on any atom is 0.144 e. The van der Waals surface area contributed by atoms with Crippen molar-refractivity contribution in [1.82, 2.24) is 4.98 Å². The molecular weight excluding hydrogens is 246 g/mol. The highest BCUT2D eigenvalue weighted by Crippen LogP contribution is 2.27. The molecule has 0 unspecified atom stereocenters. The molecule has 1 fully saturated rings. The average Bonchev–Trinajstić information content (AvgIpc) is 2.87. The lowest BCUT2D eigenvalue weighted by Crippen LogP contribution is -2.22. The molecule has 3 rings (SSSR count). The van der Waals surface area contributed by atoms with Crippen molar-refractivity contribution >= 4 is 5.82 Å². The zero-order chi connectivity index (χ0) is 13.8. The van der Waals surface area contributed by atoms with Crippen molar-refractivity contribution in [2.45, 2.75) is 70.3 Å². The van der Waals surface area contributed by atoms with Crippen LogP contribution in [0.25, 0.3) is 0 Å². The Morgan fingerprint density at radius 2 is 1.80 bits per heavy atom. The molecule has 3 nitrogen and oxygen atoms in total. The number of pyridine rings is 1. The van der Waals surface area contributed by atoms with E-state index in [1.807, 2.05) is 0 Å². The van der Waals surface area contributed by atoms with E-state index in [-0.39, 0.29) is 0 Å². The van der Waals surface area contributed by atoms with Gasteiger partial charge in [-0.15, -0.1) is 0 Å². The second-order valence-electron chi connectivity index (χ2n) is 6.14. The molecule has 106 valence electrons. The van der Waals surface area contributed by atoms with Gasteiger partial charge in [0.1, 0.15) is 11.9 Å². The van der Waals surface area contributed by atoms with Crippen LogP contribution in [0, 0.1) is 11.3 Å². The SMILES string of the molecule is N#Cc1cc2c(nc1NC1CCCCCCC1)CCC2. The maximum absolute atomic E-state index is 9.35. The molecule has 3 heteroatoms. The molecule has 0 atom stereocenters. The summed E-state index contributed by atoms with van der Waals surface area (Å²) in [6, 6.07) is 4.87. The fourth-order valence-electron chi connectivity index (χ4n) is 3.46. The first-order chi connectivity index (χ1) is 9.86. The fraction of sp³-hybridized carbons (Fsp3) is 0.647. The van der Waals surface area contributed by atoms with E-state index in [2.05, 4.69) is 17.5 Å². The number of rotatable bonds is 2. The third-order valence-corrected chi connectivity index (χ3v) is 4.62. The summed E-state index contributed by atoms with van der Waals surface area (Å²) in [6.07, 6.45) is 12.4. The standard InChI is InChI=1S/C17H23N3/c18-12-14-11-13-7-6-10-16(13)20-17(14)19-15-8-4-2-1-3-5-9-15/h11,15H,1-10H2,(H,19,20). The van der Waals surface area contributed by atoms with E-state index >= 15 is 0 Å². The van der Waals surface area contributed by atoms with Crippen LogP contribution in [0.3, 0.4) is 0 Å². The lowest BCUT2D eigenvalue weighted by atomic mass is 9.96. The van der Waals surface area contributed by atoms with Gasteiger partial charge in [-0.1, -0.05) is 32.1 Å².